The van der Waals surface area contributed by atoms with Crippen LogP contribution in [0.25, 0.3) is 0 Å². The second-order valence-corrected chi connectivity index (χ2v) is 4.79. The summed E-state index contributed by atoms with van der Waals surface area (Å²) in [7, 11) is 1.25. The fourth-order valence-electron chi connectivity index (χ4n) is 2.81. The molecule has 5 heteroatoms. The van der Waals surface area contributed by atoms with Crippen LogP contribution in [0.2, 0.25) is 0 Å². The summed E-state index contributed by atoms with van der Waals surface area (Å²) in [5, 5.41) is 0. The van der Waals surface area contributed by atoms with E-state index in [0.717, 1.165) is 5.56 Å². The lowest BCUT2D eigenvalue weighted by Gasteiger charge is -2.39. The number of hydrogen-bond donors (Lipinski definition) is 0. The molecule has 0 saturated carbocycles. The molecule has 1 aromatic rings. The maximum atomic E-state index is 12.9. The summed E-state index contributed by atoms with van der Waals surface area (Å²) in [6.45, 7) is 4.15. The van der Waals surface area contributed by atoms with Crippen LogP contribution in [-0.2, 0) is 25.4 Å². The Morgan fingerprint density at radius 2 is 2.00 bits per heavy atom. The maximum Gasteiger partial charge on any atom is 0.349 e. The van der Waals surface area contributed by atoms with Crippen LogP contribution in [0.4, 0.5) is 0 Å². The first-order valence-corrected chi connectivity index (χ1v) is 7.08. The van der Waals surface area contributed by atoms with Gasteiger partial charge in [-0.25, -0.2) is 4.79 Å². The minimum Gasteiger partial charge on any atom is -0.466 e. The predicted molar refractivity (Wildman–Crippen MR) is 76.3 cm³/mol. The zero-order valence-corrected chi connectivity index (χ0v) is 12.5. The fourth-order valence-corrected chi connectivity index (χ4v) is 2.81. The predicted octanol–water partition coefficient (Wildman–Crippen LogP) is 1.78. The van der Waals surface area contributed by atoms with E-state index in [1.165, 1.54) is 7.11 Å². The molecular formula is C16H20O5. The molecular weight excluding hydrogens is 272 g/mol. The molecule has 0 aromatic heterocycles. The third-order valence-electron chi connectivity index (χ3n) is 3.69. The normalized spacial score (nSPS) is 24.5. The van der Waals surface area contributed by atoms with Gasteiger partial charge in [0.15, 0.2) is 0 Å². The number of esters is 1. The lowest BCUT2D eigenvalue weighted by Crippen LogP contribution is -2.62. The Hall–Kier alpha value is -1.72. The van der Waals surface area contributed by atoms with E-state index in [2.05, 4.69) is 0 Å². The molecule has 0 radical (unpaired) electrons. The first kappa shape index (κ1) is 15.7. The molecule has 1 aromatic carbocycles. The van der Waals surface area contributed by atoms with Gasteiger partial charge < -0.3 is 14.2 Å². The molecule has 114 valence electrons. The lowest BCUT2D eigenvalue weighted by molar-refractivity contribution is -0.180. The van der Waals surface area contributed by atoms with Gasteiger partial charge in [-0.15, -0.1) is 0 Å². The van der Waals surface area contributed by atoms with Crippen molar-refractivity contribution in [1.82, 2.24) is 0 Å². The van der Waals surface area contributed by atoms with Crippen LogP contribution < -0.4 is 0 Å². The number of ether oxygens (including phenoxy) is 3. The van der Waals surface area contributed by atoms with Crippen LogP contribution in [0.3, 0.4) is 0 Å². The van der Waals surface area contributed by atoms with E-state index in [0.29, 0.717) is 18.6 Å². The molecule has 21 heavy (non-hydrogen) atoms. The van der Waals surface area contributed by atoms with E-state index < -0.39 is 23.5 Å². The van der Waals surface area contributed by atoms with Gasteiger partial charge in [-0.2, -0.15) is 0 Å². The Balaban J connectivity index is 2.58. The summed E-state index contributed by atoms with van der Waals surface area (Å²) < 4.78 is 16.1. The monoisotopic (exact) mass is 292 g/mol. The van der Waals surface area contributed by atoms with Crippen molar-refractivity contribution in [2.24, 2.45) is 0 Å². The molecule has 0 saturated heterocycles. The molecule has 0 amide bonds. The smallest absolute Gasteiger partial charge is 0.349 e. The first-order chi connectivity index (χ1) is 10.1. The molecule has 0 heterocycles. The average Bonchev–Trinajstić information content (AvgIpc) is 2.50. The van der Waals surface area contributed by atoms with Crippen molar-refractivity contribution in [2.75, 3.05) is 20.3 Å². The Kier molecular flexibility index (Phi) is 4.75. The Labute approximate surface area is 124 Å². The summed E-state index contributed by atoms with van der Waals surface area (Å²) in [5.41, 5.74) is -0.360. The molecule has 0 N–H and O–H groups in total. The van der Waals surface area contributed by atoms with Crippen molar-refractivity contribution in [2.45, 2.75) is 32.0 Å². The molecule has 2 rings (SSSR count). The highest BCUT2D eigenvalue weighted by atomic mass is 16.6. The molecule has 0 fully saturated rings. The van der Waals surface area contributed by atoms with Crippen molar-refractivity contribution in [3.05, 3.63) is 35.4 Å². The lowest BCUT2D eigenvalue weighted by atomic mass is 9.76. The molecule has 1 aliphatic carbocycles. The quantitative estimate of drug-likeness (QED) is 0.611. The number of carbonyl (C=O) groups excluding carboxylic acids is 2. The highest BCUT2D eigenvalue weighted by molar-refractivity contribution is 6.17. The SMILES string of the molecule is CCOC1Cc2ccccc2C(=O)C1(OCC)C(=O)OC. The summed E-state index contributed by atoms with van der Waals surface area (Å²) in [5.74, 6) is -1.10. The van der Waals surface area contributed by atoms with E-state index in [9.17, 15) is 9.59 Å². The highest BCUT2D eigenvalue weighted by Crippen LogP contribution is 2.35. The number of carbonyl (C=O) groups is 2. The number of hydrogen-bond acceptors (Lipinski definition) is 5. The zero-order chi connectivity index (χ0) is 15.5. The second-order valence-electron chi connectivity index (χ2n) is 4.79. The Morgan fingerprint density at radius 1 is 1.29 bits per heavy atom. The van der Waals surface area contributed by atoms with Gasteiger partial charge >= 0.3 is 5.97 Å². The minimum absolute atomic E-state index is 0.215. The second kappa shape index (κ2) is 6.37. The maximum absolute atomic E-state index is 12.9. The van der Waals surface area contributed by atoms with E-state index in [-0.39, 0.29) is 6.61 Å². The van der Waals surface area contributed by atoms with Gasteiger partial charge in [0.05, 0.1) is 7.11 Å². The van der Waals surface area contributed by atoms with Crippen LogP contribution in [0.1, 0.15) is 29.8 Å². The van der Waals surface area contributed by atoms with Gasteiger partial charge in [0.1, 0.15) is 6.10 Å². The van der Waals surface area contributed by atoms with Crippen LogP contribution in [-0.4, -0.2) is 43.8 Å². The van der Waals surface area contributed by atoms with E-state index in [1.54, 1.807) is 19.1 Å². The van der Waals surface area contributed by atoms with Crippen LogP contribution >= 0.6 is 0 Å². The van der Waals surface area contributed by atoms with Crippen molar-refractivity contribution in [3.8, 4) is 0 Å². The van der Waals surface area contributed by atoms with Crippen LogP contribution in [0, 0.1) is 0 Å². The largest absolute Gasteiger partial charge is 0.466 e. The van der Waals surface area contributed by atoms with E-state index in [1.807, 2.05) is 19.1 Å². The fraction of sp³-hybridized carbons (Fsp3) is 0.500. The number of methoxy groups -OCH3 is 1. The van der Waals surface area contributed by atoms with Gasteiger partial charge in [-0.05, 0) is 19.4 Å². The molecule has 1 aliphatic rings. The third-order valence-corrected chi connectivity index (χ3v) is 3.69. The van der Waals surface area contributed by atoms with Crippen LogP contribution in [0.5, 0.6) is 0 Å². The Morgan fingerprint density at radius 3 is 2.62 bits per heavy atom. The average molecular weight is 292 g/mol. The van der Waals surface area contributed by atoms with Crippen molar-refractivity contribution in [1.29, 1.82) is 0 Å². The molecule has 2 unspecified atom stereocenters. The zero-order valence-electron chi connectivity index (χ0n) is 12.5. The standard InChI is InChI=1S/C16H20O5/c1-4-20-13-10-11-8-6-7-9-12(11)14(17)16(13,21-5-2)15(18)19-3/h6-9,13H,4-5,10H2,1-3H3. The molecule has 0 bridgehead atoms. The van der Waals surface area contributed by atoms with Crippen molar-refractivity contribution >= 4 is 11.8 Å². The number of Topliss-reactive ketones (excluding diaryl/α,β-unsaturated/α-hetero) is 1. The topological polar surface area (TPSA) is 61.8 Å². The third kappa shape index (κ3) is 2.47. The number of rotatable bonds is 5. The minimum atomic E-state index is -1.71. The molecule has 5 nitrogen and oxygen atoms in total. The van der Waals surface area contributed by atoms with Gasteiger partial charge in [0.25, 0.3) is 5.60 Å². The summed E-state index contributed by atoms with van der Waals surface area (Å²) in [6.07, 6.45) is -0.248. The van der Waals surface area contributed by atoms with E-state index >= 15 is 0 Å². The summed E-state index contributed by atoms with van der Waals surface area (Å²) in [6, 6.07) is 7.20. The van der Waals surface area contributed by atoms with Gasteiger partial charge in [0.2, 0.25) is 5.78 Å². The highest BCUT2D eigenvalue weighted by Gasteiger charge is 2.58. The molecule has 0 spiro atoms. The number of fused-ring (bicyclic) bond motifs is 1. The number of ketones is 1. The van der Waals surface area contributed by atoms with Gasteiger partial charge in [-0.1, -0.05) is 24.3 Å². The summed E-state index contributed by atoms with van der Waals surface area (Å²) >= 11 is 0. The molecule has 2 atom stereocenters. The van der Waals surface area contributed by atoms with E-state index in [4.69, 9.17) is 14.2 Å². The number of benzene rings is 1. The van der Waals surface area contributed by atoms with Gasteiger partial charge in [0, 0.05) is 25.2 Å². The van der Waals surface area contributed by atoms with Gasteiger partial charge in [-0.3, -0.25) is 4.79 Å². The van der Waals surface area contributed by atoms with Crippen molar-refractivity contribution in [3.63, 3.8) is 0 Å². The van der Waals surface area contributed by atoms with Crippen LogP contribution in [0.15, 0.2) is 24.3 Å². The summed E-state index contributed by atoms with van der Waals surface area (Å²) in [4.78, 5) is 25.2. The molecule has 0 aliphatic heterocycles. The Bertz CT molecular complexity index is 539. The first-order valence-electron chi connectivity index (χ1n) is 7.08. The van der Waals surface area contributed by atoms with Crippen molar-refractivity contribution < 1.29 is 23.8 Å².